The predicted octanol–water partition coefficient (Wildman–Crippen LogP) is 0.695. The van der Waals surface area contributed by atoms with Gasteiger partial charge >= 0.3 is 0 Å². The minimum atomic E-state index is -2.65. The van der Waals surface area contributed by atoms with E-state index in [1.165, 1.54) is 6.20 Å². The molecule has 0 atom stereocenters. The van der Waals surface area contributed by atoms with Crippen LogP contribution < -0.4 is 0 Å². The molecule has 0 unspecified atom stereocenters. The number of thiol groups is 1. The Morgan fingerprint density at radius 3 is 2.76 bits per heavy atom. The van der Waals surface area contributed by atoms with Gasteiger partial charge in [0, 0.05) is 23.5 Å². The zero-order valence-corrected chi connectivity index (χ0v) is 9.46. The zero-order valence-electron chi connectivity index (χ0n) is 8.57. The van der Waals surface area contributed by atoms with Gasteiger partial charge in [-0.3, -0.25) is 9.50 Å². The third-order valence-corrected chi connectivity index (χ3v) is 3.21. The second-order valence-electron chi connectivity index (χ2n) is 3.51. The summed E-state index contributed by atoms with van der Waals surface area (Å²) < 4.78 is 23.6. The molecule has 0 aromatic carbocycles. The van der Waals surface area contributed by atoms with E-state index in [2.05, 4.69) is 15.2 Å². The van der Waals surface area contributed by atoms with Gasteiger partial charge in [0.1, 0.15) is 5.65 Å². The van der Waals surface area contributed by atoms with Crippen LogP contribution in [0, 0.1) is 0 Å². The molecule has 3 rings (SSSR count). The first-order chi connectivity index (χ1) is 8.25. The molecule has 0 bridgehead atoms. The zero-order chi connectivity index (χ0) is 11.8. The van der Waals surface area contributed by atoms with E-state index in [4.69, 9.17) is 0 Å². The number of pyridine rings is 1. The first-order valence-corrected chi connectivity index (χ1v) is 6.04. The molecule has 17 heavy (non-hydrogen) atoms. The summed E-state index contributed by atoms with van der Waals surface area (Å²) in [5.74, 6) is 0. The Morgan fingerprint density at radius 1 is 1.18 bits per heavy atom. The summed E-state index contributed by atoms with van der Waals surface area (Å²) in [5, 5.41) is 6.75. The SMILES string of the molecule is O=[SH](=O)c1cnc2ccc(-c3cn[nH]c3)cn12. The number of aromatic nitrogens is 4. The molecular weight excluding hydrogens is 240 g/mol. The summed E-state index contributed by atoms with van der Waals surface area (Å²) in [6.07, 6.45) is 6.50. The van der Waals surface area contributed by atoms with Crippen molar-refractivity contribution >= 4 is 16.4 Å². The maximum atomic E-state index is 11.0. The monoisotopic (exact) mass is 248 g/mol. The first-order valence-electron chi connectivity index (χ1n) is 4.86. The van der Waals surface area contributed by atoms with Gasteiger partial charge in [-0.25, -0.2) is 13.4 Å². The van der Waals surface area contributed by atoms with E-state index in [9.17, 15) is 8.42 Å². The minimum absolute atomic E-state index is 0.181. The van der Waals surface area contributed by atoms with Gasteiger partial charge in [-0.05, 0) is 12.1 Å². The van der Waals surface area contributed by atoms with E-state index in [1.54, 1.807) is 29.1 Å². The lowest BCUT2D eigenvalue weighted by molar-refractivity contribution is 0.610. The number of rotatable bonds is 2. The van der Waals surface area contributed by atoms with Crippen LogP contribution in [0.15, 0.2) is 41.9 Å². The number of nitrogens with zero attached hydrogens (tertiary/aromatic N) is 3. The number of aromatic amines is 1. The highest BCUT2D eigenvalue weighted by atomic mass is 32.2. The Labute approximate surface area is 97.9 Å². The van der Waals surface area contributed by atoms with Crippen molar-refractivity contribution in [2.24, 2.45) is 0 Å². The number of hydrogen-bond donors (Lipinski definition) is 2. The molecule has 0 aliphatic carbocycles. The average molecular weight is 248 g/mol. The third-order valence-electron chi connectivity index (χ3n) is 2.50. The molecule has 0 saturated carbocycles. The van der Waals surface area contributed by atoms with Crippen LogP contribution in [0.1, 0.15) is 0 Å². The fraction of sp³-hybridized carbons (Fsp3) is 0. The van der Waals surface area contributed by atoms with Crippen molar-refractivity contribution in [3.63, 3.8) is 0 Å². The van der Waals surface area contributed by atoms with Crippen LogP contribution in [0.5, 0.6) is 0 Å². The van der Waals surface area contributed by atoms with Gasteiger partial charge in [0.25, 0.3) is 0 Å². The van der Waals surface area contributed by atoms with E-state index in [1.807, 2.05) is 6.07 Å². The molecule has 3 aromatic heterocycles. The summed E-state index contributed by atoms with van der Waals surface area (Å²) >= 11 is 0. The Bertz CT molecular complexity index is 735. The van der Waals surface area contributed by atoms with Crippen molar-refractivity contribution < 1.29 is 8.42 Å². The predicted molar refractivity (Wildman–Crippen MR) is 61.4 cm³/mol. The fourth-order valence-corrected chi connectivity index (χ4v) is 2.17. The second kappa shape index (κ2) is 3.70. The average Bonchev–Trinajstić information content (AvgIpc) is 2.97. The summed E-state index contributed by atoms with van der Waals surface area (Å²) in [7, 11) is -2.65. The quantitative estimate of drug-likeness (QED) is 0.654. The lowest BCUT2D eigenvalue weighted by atomic mass is 10.2. The molecule has 86 valence electrons. The van der Waals surface area contributed by atoms with Crippen LogP contribution in [0.3, 0.4) is 0 Å². The van der Waals surface area contributed by atoms with Crippen LogP contribution in [-0.2, 0) is 10.7 Å². The lowest BCUT2D eigenvalue weighted by Crippen LogP contribution is -1.91. The Kier molecular flexibility index (Phi) is 2.19. The Morgan fingerprint density at radius 2 is 2.06 bits per heavy atom. The van der Waals surface area contributed by atoms with E-state index >= 15 is 0 Å². The van der Waals surface area contributed by atoms with Crippen molar-refractivity contribution in [3.8, 4) is 11.1 Å². The highest BCUT2D eigenvalue weighted by molar-refractivity contribution is 7.72. The smallest absolute Gasteiger partial charge is 0.185 e. The standard InChI is InChI=1S/C10H8N4O2S/c15-17(16)10-5-11-9-2-1-7(6-14(9)10)8-3-12-13-4-8/h1-6,17H,(H,12,13). The van der Waals surface area contributed by atoms with Crippen molar-refractivity contribution in [2.45, 2.75) is 5.03 Å². The molecule has 7 heteroatoms. The third kappa shape index (κ3) is 1.60. The number of nitrogens with one attached hydrogen (secondary N) is 1. The van der Waals surface area contributed by atoms with E-state index < -0.39 is 10.7 Å². The van der Waals surface area contributed by atoms with Crippen LogP contribution >= 0.6 is 0 Å². The molecule has 3 aromatic rings. The van der Waals surface area contributed by atoms with Gasteiger partial charge in [-0.2, -0.15) is 5.10 Å². The molecule has 0 amide bonds. The minimum Gasteiger partial charge on any atom is -0.290 e. The molecule has 0 saturated heterocycles. The summed E-state index contributed by atoms with van der Waals surface area (Å²) in [4.78, 5) is 4.02. The largest absolute Gasteiger partial charge is 0.290 e. The topological polar surface area (TPSA) is 80.1 Å². The Hall–Kier alpha value is -2.15. The molecule has 0 aliphatic heterocycles. The summed E-state index contributed by atoms with van der Waals surface area (Å²) in [5.41, 5.74) is 2.38. The molecule has 1 N–H and O–H groups in total. The molecule has 0 spiro atoms. The van der Waals surface area contributed by atoms with Crippen molar-refractivity contribution in [1.29, 1.82) is 0 Å². The fourth-order valence-electron chi connectivity index (χ4n) is 1.68. The van der Waals surface area contributed by atoms with Gasteiger partial charge in [-0.15, -0.1) is 0 Å². The Balaban J connectivity index is 2.27. The first kappa shape index (κ1) is 10.0. The van der Waals surface area contributed by atoms with Gasteiger partial charge < -0.3 is 0 Å². The van der Waals surface area contributed by atoms with E-state index in [0.29, 0.717) is 5.65 Å². The molecule has 0 aliphatic rings. The van der Waals surface area contributed by atoms with Crippen molar-refractivity contribution in [1.82, 2.24) is 19.6 Å². The highest BCUT2D eigenvalue weighted by Gasteiger charge is 2.07. The number of hydrogen-bond acceptors (Lipinski definition) is 4. The molecule has 0 fully saturated rings. The molecule has 3 heterocycles. The molecule has 0 radical (unpaired) electrons. The number of H-pyrrole nitrogens is 1. The van der Waals surface area contributed by atoms with E-state index in [-0.39, 0.29) is 5.03 Å². The van der Waals surface area contributed by atoms with Crippen LogP contribution in [0.4, 0.5) is 0 Å². The van der Waals surface area contributed by atoms with Crippen LogP contribution in [0.2, 0.25) is 0 Å². The summed E-state index contributed by atoms with van der Waals surface area (Å²) in [6.45, 7) is 0. The summed E-state index contributed by atoms with van der Waals surface area (Å²) in [6, 6.07) is 3.64. The number of fused-ring (bicyclic) bond motifs is 1. The van der Waals surface area contributed by atoms with Gasteiger partial charge in [0.15, 0.2) is 15.7 Å². The second-order valence-corrected chi connectivity index (χ2v) is 4.48. The van der Waals surface area contributed by atoms with E-state index in [0.717, 1.165) is 11.1 Å². The van der Waals surface area contributed by atoms with Crippen molar-refractivity contribution in [2.75, 3.05) is 0 Å². The maximum Gasteiger partial charge on any atom is 0.185 e. The maximum absolute atomic E-state index is 11.0. The normalized spacial score (nSPS) is 11.4. The van der Waals surface area contributed by atoms with Gasteiger partial charge in [0.05, 0.1) is 12.4 Å². The lowest BCUT2D eigenvalue weighted by Gasteiger charge is -2.00. The van der Waals surface area contributed by atoms with Crippen LogP contribution in [0.25, 0.3) is 16.8 Å². The van der Waals surface area contributed by atoms with Gasteiger partial charge in [-0.1, -0.05) is 0 Å². The molecule has 6 nitrogen and oxygen atoms in total. The highest BCUT2D eigenvalue weighted by Crippen LogP contribution is 2.19. The number of imidazole rings is 1. The van der Waals surface area contributed by atoms with Gasteiger partial charge in [0.2, 0.25) is 0 Å². The van der Waals surface area contributed by atoms with Crippen LogP contribution in [-0.4, -0.2) is 28.0 Å². The van der Waals surface area contributed by atoms with Crippen molar-refractivity contribution in [3.05, 3.63) is 36.9 Å². The molecular formula is C10H8N4O2S.